The van der Waals surface area contributed by atoms with Gasteiger partial charge in [0.05, 0.1) is 18.2 Å². The van der Waals surface area contributed by atoms with Crippen molar-refractivity contribution in [2.45, 2.75) is 65.0 Å². The van der Waals surface area contributed by atoms with E-state index in [4.69, 9.17) is 18.9 Å². The highest BCUT2D eigenvalue weighted by atomic mass is 16.7. The van der Waals surface area contributed by atoms with Gasteiger partial charge in [0.25, 0.3) is 0 Å². The third kappa shape index (κ3) is 6.61. The van der Waals surface area contributed by atoms with Crippen molar-refractivity contribution < 1.29 is 28.8 Å². The van der Waals surface area contributed by atoms with Gasteiger partial charge in [0.1, 0.15) is 30.0 Å². The number of hydrogen-bond acceptors (Lipinski definition) is 9. The fourth-order valence-corrected chi connectivity index (χ4v) is 5.14. The molecule has 220 valence electrons. The summed E-state index contributed by atoms with van der Waals surface area (Å²) in [4.78, 5) is 11.9. The van der Waals surface area contributed by atoms with Crippen LogP contribution in [0.25, 0.3) is 11.4 Å². The third-order valence-corrected chi connectivity index (χ3v) is 7.33. The number of benzene rings is 3. The van der Waals surface area contributed by atoms with Gasteiger partial charge in [0, 0.05) is 12.2 Å². The van der Waals surface area contributed by atoms with Crippen LogP contribution >= 0.6 is 0 Å². The van der Waals surface area contributed by atoms with Gasteiger partial charge in [0.2, 0.25) is 5.82 Å². The van der Waals surface area contributed by atoms with Gasteiger partial charge in [-0.2, -0.15) is 5.21 Å². The van der Waals surface area contributed by atoms with Crippen LogP contribution < -0.4 is 9.47 Å². The normalized spacial score (nSPS) is 15.7. The van der Waals surface area contributed by atoms with Crippen LogP contribution in [0, 0.1) is 0 Å². The first-order chi connectivity index (χ1) is 20.5. The van der Waals surface area contributed by atoms with Gasteiger partial charge in [0.15, 0.2) is 12.1 Å². The summed E-state index contributed by atoms with van der Waals surface area (Å²) < 4.78 is 24.2. The molecular formula is C32H36N4O6. The molecule has 1 saturated heterocycles. The highest BCUT2D eigenvalue weighted by molar-refractivity contribution is 5.97. The Morgan fingerprint density at radius 1 is 1.10 bits per heavy atom. The van der Waals surface area contributed by atoms with Gasteiger partial charge < -0.3 is 24.1 Å². The molecule has 0 bridgehead atoms. The Morgan fingerprint density at radius 3 is 2.55 bits per heavy atom. The molecule has 42 heavy (non-hydrogen) atoms. The number of aromatic hydroxyl groups is 1. The van der Waals surface area contributed by atoms with Crippen LogP contribution in [-0.4, -0.2) is 51.5 Å². The molecule has 0 aliphatic carbocycles. The molecule has 0 spiro atoms. The summed E-state index contributed by atoms with van der Waals surface area (Å²) in [5.74, 6) is 1.46. The average Bonchev–Trinajstić information content (AvgIpc) is 3.56. The van der Waals surface area contributed by atoms with Gasteiger partial charge in [-0.15, -0.1) is 10.2 Å². The number of Topliss-reactive ketones (excluding diaryl/α,β-unsaturated/α-hetero) is 1. The molecule has 5 rings (SSSR count). The highest BCUT2D eigenvalue weighted by Crippen LogP contribution is 2.36. The summed E-state index contributed by atoms with van der Waals surface area (Å²) in [5.41, 5.74) is 4.47. The topological polar surface area (TPSA) is 129 Å². The van der Waals surface area contributed by atoms with Gasteiger partial charge in [-0.1, -0.05) is 43.7 Å². The highest BCUT2D eigenvalue weighted by Gasteiger charge is 2.25. The van der Waals surface area contributed by atoms with Crippen LogP contribution in [0.3, 0.4) is 0 Å². The molecule has 0 amide bonds. The number of nitrogens with zero attached hydrogens (tertiary/aromatic N) is 3. The summed E-state index contributed by atoms with van der Waals surface area (Å²) in [6.45, 7) is 4.44. The maximum atomic E-state index is 11.9. The molecule has 2 heterocycles. The number of methoxy groups -OCH3 is 1. The fraction of sp³-hybridized carbons (Fsp3) is 0.375. The number of tetrazole rings is 1. The number of ether oxygens (including phenoxy) is 4. The largest absolute Gasteiger partial charge is 0.507 e. The molecule has 2 N–H and O–H groups in total. The van der Waals surface area contributed by atoms with Crippen molar-refractivity contribution in [1.29, 1.82) is 0 Å². The maximum absolute atomic E-state index is 11.9. The van der Waals surface area contributed by atoms with E-state index in [2.05, 4.69) is 20.6 Å². The molecule has 1 fully saturated rings. The Bertz CT molecular complexity index is 1480. The van der Waals surface area contributed by atoms with Crippen molar-refractivity contribution in [3.05, 3.63) is 82.4 Å². The van der Waals surface area contributed by atoms with Gasteiger partial charge in [-0.05, 0) is 78.8 Å². The summed E-state index contributed by atoms with van der Waals surface area (Å²) in [6, 6.07) is 17.2. The van der Waals surface area contributed by atoms with Crippen LogP contribution in [0.4, 0.5) is 0 Å². The van der Waals surface area contributed by atoms with Crippen molar-refractivity contribution >= 4 is 5.78 Å². The predicted molar refractivity (Wildman–Crippen MR) is 156 cm³/mol. The van der Waals surface area contributed by atoms with E-state index in [0.29, 0.717) is 53.6 Å². The summed E-state index contributed by atoms with van der Waals surface area (Å²) >= 11 is 0. The number of hydrogen-bond donors (Lipinski definition) is 2. The van der Waals surface area contributed by atoms with E-state index in [1.54, 1.807) is 19.2 Å². The molecule has 1 aromatic heterocycles. The molecule has 4 aromatic rings. The monoisotopic (exact) mass is 572 g/mol. The molecule has 0 radical (unpaired) electrons. The minimum atomic E-state index is -0.410. The van der Waals surface area contributed by atoms with E-state index in [0.717, 1.165) is 42.4 Å². The van der Waals surface area contributed by atoms with Crippen LogP contribution in [0.15, 0.2) is 54.6 Å². The Morgan fingerprint density at radius 2 is 1.88 bits per heavy atom. The second kappa shape index (κ2) is 13.6. The van der Waals surface area contributed by atoms with Crippen LogP contribution in [0.1, 0.15) is 78.2 Å². The smallest absolute Gasteiger partial charge is 0.208 e. The summed E-state index contributed by atoms with van der Waals surface area (Å²) in [5, 5.41) is 25.1. The number of phenolic OH excluding ortho intramolecular Hbond substituents is 1. The average molecular weight is 573 g/mol. The minimum Gasteiger partial charge on any atom is -0.507 e. The Kier molecular flexibility index (Phi) is 9.45. The Labute approximate surface area is 245 Å². The lowest BCUT2D eigenvalue weighted by molar-refractivity contribution is -0.181. The molecule has 10 nitrogen and oxygen atoms in total. The quantitative estimate of drug-likeness (QED) is 0.198. The summed E-state index contributed by atoms with van der Waals surface area (Å²) in [7, 11) is 1.60. The zero-order valence-corrected chi connectivity index (χ0v) is 24.1. The van der Waals surface area contributed by atoms with Crippen molar-refractivity contribution in [3.8, 4) is 28.6 Å². The van der Waals surface area contributed by atoms with E-state index in [-0.39, 0.29) is 17.8 Å². The minimum absolute atomic E-state index is 0.00167. The standard InChI is InChI=1S/C32H36N4O6/c1-4-7-25-28(16-14-24(20(2)37)30(25)38)41-19-21-9-11-22(12-10-21)31(42-29-8-5-6-17-40-29)23-13-15-27(39-3)26(18-23)32-33-35-36-34-32/h9-16,18,29,31,38H,4-8,17,19H2,1-3H3,(H,33,34,35,36). The van der Waals surface area contributed by atoms with Crippen LogP contribution in [-0.2, 0) is 22.5 Å². The molecule has 10 heteroatoms. The molecule has 1 aliphatic heterocycles. The van der Waals surface area contributed by atoms with Crippen molar-refractivity contribution in [2.24, 2.45) is 0 Å². The first-order valence-electron chi connectivity index (χ1n) is 14.2. The molecule has 2 atom stereocenters. The number of aromatic nitrogens is 4. The zero-order valence-electron chi connectivity index (χ0n) is 24.1. The van der Waals surface area contributed by atoms with Crippen molar-refractivity contribution in [3.63, 3.8) is 0 Å². The van der Waals surface area contributed by atoms with Gasteiger partial charge >= 0.3 is 0 Å². The lowest BCUT2D eigenvalue weighted by Crippen LogP contribution is -2.25. The lowest BCUT2D eigenvalue weighted by atomic mass is 9.97. The number of carbonyl (C=O) groups is 1. The number of H-pyrrole nitrogens is 1. The summed E-state index contributed by atoms with van der Waals surface area (Å²) in [6.07, 6.45) is 3.60. The van der Waals surface area contributed by atoms with E-state index in [9.17, 15) is 9.90 Å². The zero-order chi connectivity index (χ0) is 29.5. The molecule has 2 unspecified atom stereocenters. The Hall–Kier alpha value is -4.28. The SMILES string of the molecule is CCCc1c(OCc2ccc(C(OC3CCCCO3)c3ccc(OC)c(-c4nn[nH]n4)c3)cc2)ccc(C(C)=O)c1O. The van der Waals surface area contributed by atoms with E-state index in [1.165, 1.54) is 6.92 Å². The number of phenols is 1. The van der Waals surface area contributed by atoms with Crippen molar-refractivity contribution in [1.82, 2.24) is 20.6 Å². The van der Waals surface area contributed by atoms with E-state index < -0.39 is 6.10 Å². The third-order valence-electron chi connectivity index (χ3n) is 7.33. The number of nitrogens with one attached hydrogen (secondary N) is 1. The first-order valence-corrected chi connectivity index (χ1v) is 14.2. The second-order valence-electron chi connectivity index (χ2n) is 10.3. The molecular weight excluding hydrogens is 536 g/mol. The van der Waals surface area contributed by atoms with Gasteiger partial charge in [-0.3, -0.25) is 4.79 Å². The van der Waals surface area contributed by atoms with Crippen LogP contribution in [0.5, 0.6) is 17.2 Å². The van der Waals surface area contributed by atoms with Crippen molar-refractivity contribution in [2.75, 3.05) is 13.7 Å². The molecule has 3 aromatic carbocycles. The maximum Gasteiger partial charge on any atom is 0.208 e. The fourth-order valence-electron chi connectivity index (χ4n) is 5.14. The van der Waals surface area contributed by atoms with Gasteiger partial charge in [-0.25, -0.2) is 0 Å². The first kappa shape index (κ1) is 29.2. The van der Waals surface area contributed by atoms with E-state index >= 15 is 0 Å². The van der Waals surface area contributed by atoms with Crippen LogP contribution in [0.2, 0.25) is 0 Å². The number of ketones is 1. The van der Waals surface area contributed by atoms with E-state index in [1.807, 2.05) is 49.4 Å². The number of carbonyl (C=O) groups excluding carboxylic acids is 1. The lowest BCUT2D eigenvalue weighted by Gasteiger charge is -2.29. The number of rotatable bonds is 12. The second-order valence-corrected chi connectivity index (χ2v) is 10.3. The molecule has 0 saturated carbocycles. The number of aromatic amines is 1. The Balaban J connectivity index is 1.40. The molecule has 1 aliphatic rings. The predicted octanol–water partition coefficient (Wildman–Crippen LogP) is 5.95.